The molecule has 5 heteroatoms. The van der Waals surface area contributed by atoms with Gasteiger partial charge >= 0.3 is 0 Å². The van der Waals surface area contributed by atoms with E-state index in [2.05, 4.69) is 5.10 Å². The molecule has 0 radical (unpaired) electrons. The van der Waals surface area contributed by atoms with Crippen molar-refractivity contribution in [3.05, 3.63) is 12.4 Å². The maximum atomic E-state index is 12.0. The molecule has 1 aromatic heterocycles. The average Bonchev–Trinajstić information content (AvgIpc) is 2.75. The predicted octanol–water partition coefficient (Wildman–Crippen LogP) is 1.26. The fourth-order valence-electron chi connectivity index (χ4n) is 2.39. The van der Waals surface area contributed by atoms with Gasteiger partial charge < -0.3 is 10.6 Å². The van der Waals surface area contributed by atoms with E-state index in [4.69, 9.17) is 5.73 Å². The van der Waals surface area contributed by atoms with Gasteiger partial charge in [0.2, 0.25) is 5.91 Å². The lowest BCUT2D eigenvalue weighted by Gasteiger charge is -2.31. The summed E-state index contributed by atoms with van der Waals surface area (Å²) in [6.07, 6.45) is 9.27. The second-order valence-electron chi connectivity index (χ2n) is 4.77. The van der Waals surface area contributed by atoms with E-state index < -0.39 is 0 Å². The Hall–Kier alpha value is -1.52. The Bertz CT molecular complexity index is 382. The van der Waals surface area contributed by atoms with Gasteiger partial charge in [-0.25, -0.2) is 0 Å². The summed E-state index contributed by atoms with van der Waals surface area (Å²) in [5, 5.41) is 4.03. The number of carbonyl (C=O) groups is 1. The first kappa shape index (κ1) is 12.0. The van der Waals surface area contributed by atoms with Crippen LogP contribution in [-0.4, -0.2) is 33.7 Å². The number of anilines is 1. The van der Waals surface area contributed by atoms with Crippen LogP contribution in [0.5, 0.6) is 0 Å². The molecule has 0 atom stereocenters. The largest absolute Gasteiger partial charge is 0.396 e. The molecule has 2 rings (SSSR count). The molecular formula is C12H20N4O. The zero-order valence-corrected chi connectivity index (χ0v) is 10.3. The highest BCUT2D eigenvalue weighted by Gasteiger charge is 2.22. The van der Waals surface area contributed by atoms with Gasteiger partial charge in [-0.3, -0.25) is 9.48 Å². The molecule has 1 aliphatic rings. The number of aromatic nitrogens is 2. The lowest BCUT2D eigenvalue weighted by molar-refractivity contribution is -0.133. The Balaban J connectivity index is 1.90. The van der Waals surface area contributed by atoms with Gasteiger partial charge in [0.25, 0.3) is 0 Å². The summed E-state index contributed by atoms with van der Waals surface area (Å²) in [5.74, 6) is 0.111. The maximum absolute atomic E-state index is 12.0. The third-order valence-corrected chi connectivity index (χ3v) is 3.47. The average molecular weight is 236 g/mol. The number of hydrogen-bond acceptors (Lipinski definition) is 3. The minimum absolute atomic E-state index is 0.111. The van der Waals surface area contributed by atoms with E-state index in [1.807, 2.05) is 11.9 Å². The standard InChI is InChI=1S/C12H20N4O/c1-15(11-5-3-2-4-6-11)12(17)9-16-8-10(13)7-14-16/h7-8,11H,2-6,9,13H2,1H3. The number of carbonyl (C=O) groups excluding carboxylic acids is 1. The molecule has 0 spiro atoms. The van der Waals surface area contributed by atoms with E-state index in [1.54, 1.807) is 17.1 Å². The smallest absolute Gasteiger partial charge is 0.244 e. The van der Waals surface area contributed by atoms with Crippen LogP contribution in [0, 0.1) is 0 Å². The lowest BCUT2D eigenvalue weighted by Crippen LogP contribution is -2.40. The van der Waals surface area contributed by atoms with Gasteiger partial charge in [0.15, 0.2) is 0 Å². The van der Waals surface area contributed by atoms with Gasteiger partial charge in [0.05, 0.1) is 11.9 Å². The van der Waals surface area contributed by atoms with Crippen molar-refractivity contribution in [1.82, 2.24) is 14.7 Å². The van der Waals surface area contributed by atoms with Crippen LogP contribution in [0.25, 0.3) is 0 Å². The Kier molecular flexibility index (Phi) is 3.66. The Morgan fingerprint density at radius 1 is 1.53 bits per heavy atom. The first-order valence-corrected chi connectivity index (χ1v) is 6.20. The molecule has 94 valence electrons. The predicted molar refractivity (Wildman–Crippen MR) is 66.3 cm³/mol. The van der Waals surface area contributed by atoms with Crippen LogP contribution in [0.4, 0.5) is 5.69 Å². The molecular weight excluding hydrogens is 216 g/mol. The number of nitrogens with zero attached hydrogens (tertiary/aromatic N) is 3. The summed E-state index contributed by atoms with van der Waals surface area (Å²) in [6, 6.07) is 0.407. The number of nitrogen functional groups attached to an aromatic ring is 1. The zero-order chi connectivity index (χ0) is 12.3. The Morgan fingerprint density at radius 2 is 2.24 bits per heavy atom. The molecule has 1 amide bonds. The van der Waals surface area contributed by atoms with Crippen molar-refractivity contribution in [2.24, 2.45) is 0 Å². The highest BCUT2D eigenvalue weighted by atomic mass is 16.2. The molecule has 17 heavy (non-hydrogen) atoms. The SMILES string of the molecule is CN(C(=O)Cn1cc(N)cn1)C1CCCCC1. The van der Waals surface area contributed by atoms with Crippen LogP contribution in [-0.2, 0) is 11.3 Å². The van der Waals surface area contributed by atoms with Gasteiger partial charge in [-0.05, 0) is 12.8 Å². The van der Waals surface area contributed by atoms with Crippen LogP contribution in [0.15, 0.2) is 12.4 Å². The quantitative estimate of drug-likeness (QED) is 0.859. The molecule has 2 N–H and O–H groups in total. The van der Waals surface area contributed by atoms with E-state index in [-0.39, 0.29) is 12.5 Å². The molecule has 1 heterocycles. The number of hydrogen-bond donors (Lipinski definition) is 1. The number of likely N-dealkylation sites (N-methyl/N-ethyl adjacent to an activating group) is 1. The number of rotatable bonds is 3. The topological polar surface area (TPSA) is 64.2 Å². The number of nitrogens with two attached hydrogens (primary N) is 1. The van der Waals surface area contributed by atoms with E-state index >= 15 is 0 Å². The molecule has 0 aliphatic heterocycles. The summed E-state index contributed by atoms with van der Waals surface area (Å²) in [7, 11) is 1.89. The highest BCUT2D eigenvalue weighted by Crippen LogP contribution is 2.21. The fraction of sp³-hybridized carbons (Fsp3) is 0.667. The van der Waals surface area contributed by atoms with Crippen molar-refractivity contribution in [2.45, 2.75) is 44.7 Å². The molecule has 0 bridgehead atoms. The van der Waals surface area contributed by atoms with Gasteiger partial charge in [-0.15, -0.1) is 0 Å². The Labute approximate surface area is 102 Å². The van der Waals surface area contributed by atoms with Crippen molar-refractivity contribution in [1.29, 1.82) is 0 Å². The van der Waals surface area contributed by atoms with Crippen LogP contribution in [0.2, 0.25) is 0 Å². The van der Waals surface area contributed by atoms with Gasteiger partial charge in [0.1, 0.15) is 6.54 Å². The first-order valence-electron chi connectivity index (χ1n) is 6.20. The zero-order valence-electron chi connectivity index (χ0n) is 10.3. The second kappa shape index (κ2) is 5.21. The van der Waals surface area contributed by atoms with Gasteiger partial charge in [-0.2, -0.15) is 5.10 Å². The molecule has 0 saturated heterocycles. The van der Waals surface area contributed by atoms with Crippen LogP contribution in [0.1, 0.15) is 32.1 Å². The second-order valence-corrected chi connectivity index (χ2v) is 4.77. The summed E-state index contributed by atoms with van der Waals surface area (Å²) in [6.45, 7) is 0.282. The van der Waals surface area contributed by atoms with E-state index in [9.17, 15) is 4.79 Å². The maximum Gasteiger partial charge on any atom is 0.244 e. The fourth-order valence-corrected chi connectivity index (χ4v) is 2.39. The van der Waals surface area contributed by atoms with Crippen molar-refractivity contribution in [3.63, 3.8) is 0 Å². The van der Waals surface area contributed by atoms with E-state index in [0.29, 0.717) is 11.7 Å². The van der Waals surface area contributed by atoms with E-state index in [0.717, 1.165) is 12.8 Å². The summed E-state index contributed by atoms with van der Waals surface area (Å²) < 4.78 is 1.59. The minimum atomic E-state index is 0.111. The molecule has 1 fully saturated rings. The van der Waals surface area contributed by atoms with Gasteiger partial charge in [-0.1, -0.05) is 19.3 Å². The third-order valence-electron chi connectivity index (χ3n) is 3.47. The monoisotopic (exact) mass is 236 g/mol. The molecule has 1 saturated carbocycles. The van der Waals surface area contributed by atoms with Crippen LogP contribution in [0.3, 0.4) is 0 Å². The van der Waals surface area contributed by atoms with Crippen molar-refractivity contribution >= 4 is 11.6 Å². The van der Waals surface area contributed by atoms with Crippen molar-refractivity contribution < 1.29 is 4.79 Å². The molecule has 5 nitrogen and oxygen atoms in total. The third kappa shape index (κ3) is 2.99. The van der Waals surface area contributed by atoms with E-state index in [1.165, 1.54) is 19.3 Å². The summed E-state index contributed by atoms with van der Waals surface area (Å²) in [4.78, 5) is 13.9. The normalized spacial score (nSPS) is 17.0. The summed E-state index contributed by atoms with van der Waals surface area (Å²) in [5.41, 5.74) is 6.16. The first-order chi connectivity index (χ1) is 8.16. The molecule has 1 aliphatic carbocycles. The van der Waals surface area contributed by atoms with Gasteiger partial charge in [0, 0.05) is 19.3 Å². The highest BCUT2D eigenvalue weighted by molar-refractivity contribution is 5.76. The molecule has 0 aromatic carbocycles. The van der Waals surface area contributed by atoms with Crippen LogP contribution < -0.4 is 5.73 Å². The lowest BCUT2D eigenvalue weighted by atomic mass is 9.94. The molecule has 1 aromatic rings. The van der Waals surface area contributed by atoms with Crippen LogP contribution >= 0.6 is 0 Å². The van der Waals surface area contributed by atoms with Crippen molar-refractivity contribution in [2.75, 3.05) is 12.8 Å². The van der Waals surface area contributed by atoms with Crippen molar-refractivity contribution in [3.8, 4) is 0 Å². The minimum Gasteiger partial charge on any atom is -0.396 e. The number of amides is 1. The summed E-state index contributed by atoms with van der Waals surface area (Å²) >= 11 is 0. The molecule has 0 unspecified atom stereocenters. The Morgan fingerprint density at radius 3 is 2.82 bits per heavy atom.